The van der Waals surface area contributed by atoms with Crippen molar-refractivity contribution in [2.75, 3.05) is 7.11 Å². The fourth-order valence-corrected chi connectivity index (χ4v) is 2.85. The maximum absolute atomic E-state index is 11.7. The van der Waals surface area contributed by atoms with E-state index in [1.807, 2.05) is 23.7 Å². The summed E-state index contributed by atoms with van der Waals surface area (Å²) in [4.78, 5) is 11.7. The van der Waals surface area contributed by atoms with Crippen LogP contribution in [-0.4, -0.2) is 34.2 Å². The molecule has 22 heavy (non-hydrogen) atoms. The Labute approximate surface area is 136 Å². The Morgan fingerprint density at radius 2 is 2.27 bits per heavy atom. The minimum atomic E-state index is -0.625. The van der Waals surface area contributed by atoms with Crippen LogP contribution in [0.1, 0.15) is 26.2 Å². The van der Waals surface area contributed by atoms with Crippen molar-refractivity contribution in [3.63, 3.8) is 0 Å². The van der Waals surface area contributed by atoms with Gasteiger partial charge in [-0.15, -0.1) is 5.10 Å². The largest absolute Gasteiger partial charge is 0.477 e. The number of esters is 1. The highest BCUT2D eigenvalue weighted by Gasteiger charge is 2.25. The molecule has 0 saturated heterocycles. The third-order valence-electron chi connectivity index (χ3n) is 3.82. The van der Waals surface area contributed by atoms with Crippen LogP contribution in [0.15, 0.2) is 16.6 Å². The van der Waals surface area contributed by atoms with Crippen molar-refractivity contribution in [3.8, 4) is 5.75 Å². The first-order valence-electron chi connectivity index (χ1n) is 7.40. The van der Waals surface area contributed by atoms with Crippen molar-refractivity contribution in [2.45, 2.75) is 38.8 Å². The van der Waals surface area contributed by atoms with E-state index in [9.17, 15) is 4.79 Å². The Morgan fingerprint density at radius 1 is 1.50 bits per heavy atom. The van der Waals surface area contributed by atoms with E-state index in [0.29, 0.717) is 12.2 Å². The Hall–Kier alpha value is -1.63. The molecule has 118 valence electrons. The number of benzene rings is 1. The molecule has 3 rings (SSSR count). The van der Waals surface area contributed by atoms with Gasteiger partial charge in [0.1, 0.15) is 11.3 Å². The molecule has 0 aliphatic heterocycles. The highest BCUT2D eigenvalue weighted by Crippen LogP contribution is 2.35. The summed E-state index contributed by atoms with van der Waals surface area (Å²) in [6.45, 7) is 2.78. The van der Waals surface area contributed by atoms with Crippen LogP contribution in [0.4, 0.5) is 0 Å². The summed E-state index contributed by atoms with van der Waals surface area (Å²) in [7, 11) is 1.36. The normalized spacial score (nSPS) is 15.8. The first kappa shape index (κ1) is 15.3. The van der Waals surface area contributed by atoms with E-state index in [4.69, 9.17) is 9.47 Å². The third kappa shape index (κ3) is 2.95. The lowest BCUT2D eigenvalue weighted by Crippen LogP contribution is -2.27. The maximum Gasteiger partial charge on any atom is 0.347 e. The molecule has 0 radical (unpaired) electrons. The summed E-state index contributed by atoms with van der Waals surface area (Å²) in [5.41, 5.74) is 1.72. The number of carbonyl (C=O) groups excluding carboxylic acids is 1. The molecule has 1 heterocycles. The highest BCUT2D eigenvalue weighted by molar-refractivity contribution is 9.10. The molecule has 1 unspecified atom stereocenters. The fraction of sp³-hybridized carbons (Fsp3) is 0.533. The number of hydrogen-bond acceptors (Lipinski definition) is 5. The van der Waals surface area contributed by atoms with Crippen LogP contribution in [0.5, 0.6) is 5.75 Å². The second kappa shape index (κ2) is 6.24. The van der Waals surface area contributed by atoms with Crippen LogP contribution in [0.25, 0.3) is 11.0 Å². The van der Waals surface area contributed by atoms with Crippen molar-refractivity contribution in [1.82, 2.24) is 15.0 Å². The topological polar surface area (TPSA) is 66.2 Å². The van der Waals surface area contributed by atoms with Crippen LogP contribution in [0, 0.1) is 5.92 Å². The smallest absolute Gasteiger partial charge is 0.347 e. The molecule has 6 nitrogen and oxygen atoms in total. The van der Waals surface area contributed by atoms with Crippen LogP contribution >= 0.6 is 15.9 Å². The predicted molar refractivity (Wildman–Crippen MR) is 84.7 cm³/mol. The van der Waals surface area contributed by atoms with Gasteiger partial charge in [-0.25, -0.2) is 9.48 Å². The Morgan fingerprint density at radius 3 is 2.91 bits per heavy atom. The van der Waals surface area contributed by atoms with Gasteiger partial charge in [0.2, 0.25) is 0 Å². The van der Waals surface area contributed by atoms with Gasteiger partial charge in [0, 0.05) is 6.54 Å². The quantitative estimate of drug-likeness (QED) is 0.734. The van der Waals surface area contributed by atoms with E-state index in [2.05, 4.69) is 26.2 Å². The summed E-state index contributed by atoms with van der Waals surface area (Å²) in [5.74, 6) is 0.915. The number of aromatic nitrogens is 3. The number of rotatable bonds is 6. The van der Waals surface area contributed by atoms with Gasteiger partial charge in [-0.05, 0) is 53.2 Å². The van der Waals surface area contributed by atoms with Gasteiger partial charge in [0.05, 0.1) is 17.1 Å². The molecular weight excluding hydrogens is 350 g/mol. The molecule has 0 bridgehead atoms. The number of fused-ring (bicyclic) bond motifs is 1. The molecule has 0 amide bonds. The Bertz CT molecular complexity index is 697. The average molecular weight is 368 g/mol. The summed E-state index contributed by atoms with van der Waals surface area (Å²) >= 11 is 3.51. The monoisotopic (exact) mass is 367 g/mol. The van der Waals surface area contributed by atoms with Gasteiger partial charge < -0.3 is 9.47 Å². The molecule has 1 aliphatic carbocycles. The number of hydrogen-bond donors (Lipinski definition) is 0. The van der Waals surface area contributed by atoms with E-state index in [1.54, 1.807) is 0 Å². The average Bonchev–Trinajstić information content (AvgIpc) is 3.25. The first-order valence-corrected chi connectivity index (χ1v) is 8.19. The van der Waals surface area contributed by atoms with Crippen LogP contribution < -0.4 is 4.74 Å². The molecule has 1 fully saturated rings. The lowest BCUT2D eigenvalue weighted by atomic mass is 10.2. The first-order chi connectivity index (χ1) is 10.6. The van der Waals surface area contributed by atoms with Crippen LogP contribution in [-0.2, 0) is 16.1 Å². The fourth-order valence-electron chi connectivity index (χ4n) is 2.34. The molecule has 1 aromatic heterocycles. The summed E-state index contributed by atoms with van der Waals surface area (Å²) < 4.78 is 13.2. The second-order valence-electron chi connectivity index (χ2n) is 5.50. The maximum atomic E-state index is 11.7. The van der Waals surface area contributed by atoms with E-state index in [0.717, 1.165) is 28.0 Å². The zero-order valence-corrected chi connectivity index (χ0v) is 14.2. The van der Waals surface area contributed by atoms with Crippen molar-refractivity contribution < 1.29 is 14.3 Å². The molecule has 7 heteroatoms. The molecule has 1 saturated carbocycles. The van der Waals surface area contributed by atoms with Gasteiger partial charge in [-0.1, -0.05) is 12.1 Å². The van der Waals surface area contributed by atoms with Gasteiger partial charge >= 0.3 is 5.97 Å². The minimum absolute atomic E-state index is 0.383. The third-order valence-corrected chi connectivity index (χ3v) is 4.59. The lowest BCUT2D eigenvalue weighted by molar-refractivity contribution is -0.148. The van der Waals surface area contributed by atoms with Gasteiger partial charge in [0.25, 0.3) is 0 Å². The molecule has 1 aromatic carbocycles. The molecule has 0 spiro atoms. The molecule has 0 N–H and O–H groups in total. The van der Waals surface area contributed by atoms with E-state index >= 15 is 0 Å². The van der Waals surface area contributed by atoms with Gasteiger partial charge in [-0.3, -0.25) is 0 Å². The SMILES string of the molecule is CCC(Oc1ccc2c(nnn2CC2CC2)c1Br)C(=O)OC. The summed E-state index contributed by atoms with van der Waals surface area (Å²) in [6, 6.07) is 3.77. The van der Waals surface area contributed by atoms with Gasteiger partial charge in [0.15, 0.2) is 6.10 Å². The number of carbonyl (C=O) groups is 1. The summed E-state index contributed by atoms with van der Waals surface area (Å²) in [5, 5.41) is 8.45. The zero-order valence-electron chi connectivity index (χ0n) is 12.6. The molecule has 1 atom stereocenters. The molecule has 1 aliphatic rings. The Kier molecular flexibility index (Phi) is 4.33. The summed E-state index contributed by atoms with van der Waals surface area (Å²) in [6.07, 6.45) is 2.44. The number of ether oxygens (including phenoxy) is 2. The van der Waals surface area contributed by atoms with E-state index in [1.165, 1.54) is 20.0 Å². The van der Waals surface area contributed by atoms with Crippen molar-refractivity contribution in [2.24, 2.45) is 5.92 Å². The zero-order chi connectivity index (χ0) is 15.7. The molecule has 2 aromatic rings. The van der Waals surface area contributed by atoms with Crippen molar-refractivity contribution in [1.29, 1.82) is 0 Å². The second-order valence-corrected chi connectivity index (χ2v) is 6.29. The highest BCUT2D eigenvalue weighted by atomic mass is 79.9. The molecular formula is C15H18BrN3O3. The lowest BCUT2D eigenvalue weighted by Gasteiger charge is -2.16. The van der Waals surface area contributed by atoms with Crippen LogP contribution in [0.3, 0.4) is 0 Å². The van der Waals surface area contributed by atoms with Gasteiger partial charge in [-0.2, -0.15) is 0 Å². The predicted octanol–water partition coefficient (Wildman–Crippen LogP) is 2.93. The Balaban J connectivity index is 1.87. The number of nitrogens with zero attached hydrogens (tertiary/aromatic N) is 3. The minimum Gasteiger partial charge on any atom is -0.477 e. The standard InChI is InChI=1S/C15H18BrN3O3/c1-3-11(15(20)21-2)22-12-7-6-10-14(13(12)16)17-18-19(10)8-9-4-5-9/h6-7,9,11H,3-5,8H2,1-2H3. The van der Waals surface area contributed by atoms with E-state index in [-0.39, 0.29) is 5.97 Å². The van der Waals surface area contributed by atoms with E-state index < -0.39 is 6.10 Å². The number of methoxy groups -OCH3 is 1. The number of halogens is 1. The van der Waals surface area contributed by atoms with Crippen LogP contribution in [0.2, 0.25) is 0 Å². The van der Waals surface area contributed by atoms with Crippen molar-refractivity contribution >= 4 is 32.9 Å². The van der Waals surface area contributed by atoms with Crippen molar-refractivity contribution in [3.05, 3.63) is 16.6 Å².